The number of carbonyl (C=O) groups excluding carboxylic acids is 1. The SMILES string of the molecule is COc1ccc(NC(=O)c2ccc(NN)nn2)cc1Cl. The number of anilines is 2. The van der Waals surface area contributed by atoms with Crippen LogP contribution in [0.5, 0.6) is 5.75 Å². The van der Waals surface area contributed by atoms with Crippen LogP contribution >= 0.6 is 11.6 Å². The molecule has 0 saturated heterocycles. The predicted octanol–water partition coefficient (Wildman–Crippen LogP) is 1.68. The van der Waals surface area contributed by atoms with E-state index in [-0.39, 0.29) is 5.69 Å². The van der Waals surface area contributed by atoms with Crippen LogP contribution in [0, 0.1) is 0 Å². The van der Waals surface area contributed by atoms with Crippen molar-refractivity contribution in [3.63, 3.8) is 0 Å². The van der Waals surface area contributed by atoms with Gasteiger partial charge in [0, 0.05) is 5.69 Å². The Morgan fingerprint density at radius 1 is 1.30 bits per heavy atom. The number of methoxy groups -OCH3 is 1. The predicted molar refractivity (Wildman–Crippen MR) is 75.8 cm³/mol. The summed E-state index contributed by atoms with van der Waals surface area (Å²) >= 11 is 5.97. The molecule has 0 saturated carbocycles. The zero-order valence-corrected chi connectivity index (χ0v) is 11.3. The summed E-state index contributed by atoms with van der Waals surface area (Å²) < 4.78 is 5.03. The molecule has 1 heterocycles. The maximum absolute atomic E-state index is 11.9. The molecule has 20 heavy (non-hydrogen) atoms. The number of hydrogen-bond acceptors (Lipinski definition) is 6. The average molecular weight is 294 g/mol. The first kappa shape index (κ1) is 14.0. The third-order valence-electron chi connectivity index (χ3n) is 2.45. The van der Waals surface area contributed by atoms with Gasteiger partial charge in [-0.15, -0.1) is 10.2 Å². The summed E-state index contributed by atoms with van der Waals surface area (Å²) in [6, 6.07) is 7.96. The number of nitrogens with two attached hydrogens (primary N) is 1. The summed E-state index contributed by atoms with van der Waals surface area (Å²) in [4.78, 5) is 11.9. The number of hydrazine groups is 1. The number of aromatic nitrogens is 2. The maximum atomic E-state index is 11.9. The summed E-state index contributed by atoms with van der Waals surface area (Å²) in [6.45, 7) is 0. The van der Waals surface area contributed by atoms with Crippen LogP contribution in [-0.4, -0.2) is 23.2 Å². The Morgan fingerprint density at radius 2 is 2.10 bits per heavy atom. The minimum absolute atomic E-state index is 0.163. The monoisotopic (exact) mass is 293 g/mol. The van der Waals surface area contributed by atoms with Crippen molar-refractivity contribution in [2.75, 3.05) is 17.9 Å². The number of hydrogen-bond donors (Lipinski definition) is 3. The number of benzene rings is 1. The number of rotatable bonds is 4. The molecule has 104 valence electrons. The van der Waals surface area contributed by atoms with Gasteiger partial charge in [0.25, 0.3) is 5.91 Å². The standard InChI is InChI=1S/C12H12ClN5O2/c1-20-10-4-2-7(6-8(10)13)15-12(19)9-3-5-11(16-14)18-17-9/h2-6H,14H2,1H3,(H,15,19)(H,16,18). The first-order valence-corrected chi connectivity index (χ1v) is 5.97. The highest BCUT2D eigenvalue weighted by Crippen LogP contribution is 2.27. The van der Waals surface area contributed by atoms with Gasteiger partial charge in [-0.2, -0.15) is 0 Å². The molecular weight excluding hydrogens is 282 g/mol. The van der Waals surface area contributed by atoms with Gasteiger partial charge in [0.1, 0.15) is 5.75 Å². The van der Waals surface area contributed by atoms with Gasteiger partial charge in [-0.3, -0.25) is 4.79 Å². The van der Waals surface area contributed by atoms with E-state index in [4.69, 9.17) is 22.2 Å². The zero-order valence-electron chi connectivity index (χ0n) is 10.6. The van der Waals surface area contributed by atoms with Crippen molar-refractivity contribution in [1.82, 2.24) is 10.2 Å². The summed E-state index contributed by atoms with van der Waals surface area (Å²) in [5, 5.41) is 10.5. The Balaban J connectivity index is 2.12. The Morgan fingerprint density at radius 3 is 2.65 bits per heavy atom. The molecule has 0 fully saturated rings. The molecular formula is C12H12ClN5O2. The second kappa shape index (κ2) is 6.18. The summed E-state index contributed by atoms with van der Waals surface area (Å²) in [6.07, 6.45) is 0. The highest BCUT2D eigenvalue weighted by Gasteiger charge is 2.10. The van der Waals surface area contributed by atoms with Crippen LogP contribution in [0.2, 0.25) is 5.02 Å². The molecule has 1 amide bonds. The van der Waals surface area contributed by atoms with Crippen LogP contribution < -0.4 is 21.3 Å². The van der Waals surface area contributed by atoms with Crippen molar-refractivity contribution in [3.05, 3.63) is 41.0 Å². The number of carbonyl (C=O) groups is 1. The Hall–Kier alpha value is -2.38. The van der Waals surface area contributed by atoms with Gasteiger partial charge >= 0.3 is 0 Å². The molecule has 0 atom stereocenters. The van der Waals surface area contributed by atoms with Gasteiger partial charge in [-0.25, -0.2) is 5.84 Å². The molecule has 7 nitrogen and oxygen atoms in total. The van der Waals surface area contributed by atoms with Crippen molar-refractivity contribution in [2.45, 2.75) is 0 Å². The molecule has 0 bridgehead atoms. The number of ether oxygens (including phenoxy) is 1. The van der Waals surface area contributed by atoms with Gasteiger partial charge in [-0.05, 0) is 30.3 Å². The molecule has 0 aliphatic heterocycles. The Labute approximate surface area is 120 Å². The van der Waals surface area contributed by atoms with E-state index in [0.717, 1.165) is 0 Å². The van der Waals surface area contributed by atoms with E-state index in [1.807, 2.05) is 0 Å². The number of nitrogens with one attached hydrogen (secondary N) is 2. The minimum atomic E-state index is -0.401. The van der Waals surface area contributed by atoms with Gasteiger partial charge < -0.3 is 15.5 Å². The molecule has 1 aromatic carbocycles. The second-order valence-corrected chi connectivity index (χ2v) is 4.16. The molecule has 0 radical (unpaired) electrons. The van der Waals surface area contributed by atoms with Crippen LogP contribution in [0.1, 0.15) is 10.5 Å². The van der Waals surface area contributed by atoms with Gasteiger partial charge in [0.15, 0.2) is 11.5 Å². The third kappa shape index (κ3) is 3.14. The highest BCUT2D eigenvalue weighted by atomic mass is 35.5. The highest BCUT2D eigenvalue weighted by molar-refractivity contribution is 6.32. The van der Waals surface area contributed by atoms with E-state index in [2.05, 4.69) is 20.9 Å². The van der Waals surface area contributed by atoms with Crippen LogP contribution in [0.15, 0.2) is 30.3 Å². The first-order valence-electron chi connectivity index (χ1n) is 5.59. The van der Waals surface area contributed by atoms with Gasteiger partial charge in [0.05, 0.1) is 12.1 Å². The number of nitrogen functional groups attached to an aromatic ring is 1. The maximum Gasteiger partial charge on any atom is 0.276 e. The molecule has 0 spiro atoms. The van der Waals surface area contributed by atoms with Crippen LogP contribution in [0.4, 0.5) is 11.5 Å². The number of nitrogens with zero attached hydrogens (tertiary/aromatic N) is 2. The average Bonchev–Trinajstić information content (AvgIpc) is 2.47. The van der Waals surface area contributed by atoms with E-state index in [1.54, 1.807) is 24.3 Å². The molecule has 2 aromatic rings. The fourth-order valence-corrected chi connectivity index (χ4v) is 1.73. The van der Waals surface area contributed by atoms with E-state index in [1.165, 1.54) is 13.2 Å². The fraction of sp³-hybridized carbons (Fsp3) is 0.0833. The van der Waals surface area contributed by atoms with Crippen LogP contribution in [0.25, 0.3) is 0 Å². The summed E-state index contributed by atoms with van der Waals surface area (Å²) in [7, 11) is 1.52. The lowest BCUT2D eigenvalue weighted by Crippen LogP contribution is -2.16. The Kier molecular flexibility index (Phi) is 4.34. The lowest BCUT2D eigenvalue weighted by atomic mass is 10.3. The van der Waals surface area contributed by atoms with Crippen molar-refractivity contribution < 1.29 is 9.53 Å². The van der Waals surface area contributed by atoms with Crippen molar-refractivity contribution in [2.24, 2.45) is 5.84 Å². The summed E-state index contributed by atoms with van der Waals surface area (Å²) in [5.74, 6) is 5.66. The van der Waals surface area contributed by atoms with Crippen molar-refractivity contribution >= 4 is 29.0 Å². The Bertz CT molecular complexity index is 618. The molecule has 0 aliphatic rings. The lowest BCUT2D eigenvalue weighted by molar-refractivity contribution is 0.102. The van der Waals surface area contributed by atoms with E-state index in [9.17, 15) is 4.79 Å². The molecule has 2 rings (SSSR count). The number of amides is 1. The normalized spacial score (nSPS) is 9.95. The largest absolute Gasteiger partial charge is 0.495 e. The van der Waals surface area contributed by atoms with E-state index < -0.39 is 5.91 Å². The topological polar surface area (TPSA) is 102 Å². The second-order valence-electron chi connectivity index (χ2n) is 3.75. The van der Waals surface area contributed by atoms with E-state index >= 15 is 0 Å². The minimum Gasteiger partial charge on any atom is -0.495 e. The zero-order chi connectivity index (χ0) is 14.5. The smallest absolute Gasteiger partial charge is 0.276 e. The molecule has 0 unspecified atom stereocenters. The molecule has 8 heteroatoms. The molecule has 1 aromatic heterocycles. The summed E-state index contributed by atoms with van der Waals surface area (Å²) in [5.41, 5.74) is 3.02. The van der Waals surface area contributed by atoms with Gasteiger partial charge in [0.2, 0.25) is 0 Å². The van der Waals surface area contributed by atoms with Gasteiger partial charge in [-0.1, -0.05) is 11.6 Å². The van der Waals surface area contributed by atoms with Crippen molar-refractivity contribution in [1.29, 1.82) is 0 Å². The quantitative estimate of drug-likeness (QED) is 0.585. The molecule has 0 aliphatic carbocycles. The number of halogens is 1. The first-order chi connectivity index (χ1) is 9.63. The fourth-order valence-electron chi connectivity index (χ4n) is 1.47. The van der Waals surface area contributed by atoms with E-state index in [0.29, 0.717) is 22.3 Å². The van der Waals surface area contributed by atoms with Crippen LogP contribution in [-0.2, 0) is 0 Å². The van der Waals surface area contributed by atoms with Crippen molar-refractivity contribution in [3.8, 4) is 5.75 Å². The third-order valence-corrected chi connectivity index (χ3v) is 2.75. The van der Waals surface area contributed by atoms with Crippen LogP contribution in [0.3, 0.4) is 0 Å². The lowest BCUT2D eigenvalue weighted by Gasteiger charge is -2.07. The molecule has 4 N–H and O–H groups in total.